The van der Waals surface area contributed by atoms with Gasteiger partial charge in [-0.05, 0) is 31.5 Å². The van der Waals surface area contributed by atoms with Crippen LogP contribution in [0.3, 0.4) is 0 Å². The molecule has 0 aliphatic carbocycles. The molecule has 0 saturated carbocycles. The highest BCUT2D eigenvalue weighted by Crippen LogP contribution is 2.21. The van der Waals surface area contributed by atoms with E-state index in [2.05, 4.69) is 21.7 Å². The molecule has 3 N–H and O–H groups in total. The Morgan fingerprint density at radius 3 is 2.76 bits per heavy atom. The Hall–Kier alpha value is -2.30. The fraction of sp³-hybridized carbons (Fsp3) is 0.375. The molecule has 1 atom stereocenters. The van der Waals surface area contributed by atoms with Gasteiger partial charge in [0.15, 0.2) is 0 Å². The van der Waals surface area contributed by atoms with Gasteiger partial charge in [0.2, 0.25) is 11.8 Å². The molecule has 0 radical (unpaired) electrons. The van der Waals surface area contributed by atoms with Crippen LogP contribution in [-0.4, -0.2) is 29.4 Å². The topological polar surface area (TPSA) is 74.0 Å². The van der Waals surface area contributed by atoms with E-state index in [1.54, 1.807) is 0 Å². The van der Waals surface area contributed by atoms with Gasteiger partial charge < -0.3 is 15.6 Å². The third kappa shape index (κ3) is 3.62. The number of carbonyl (C=O) groups is 2. The Labute approximate surface area is 124 Å². The lowest BCUT2D eigenvalue weighted by Crippen LogP contribution is -2.47. The minimum absolute atomic E-state index is 0.158. The third-order valence-electron chi connectivity index (χ3n) is 3.39. The van der Waals surface area contributed by atoms with Gasteiger partial charge in [-0.25, -0.2) is 0 Å². The van der Waals surface area contributed by atoms with Crippen molar-refractivity contribution in [3.8, 4) is 0 Å². The molecule has 112 valence electrons. The summed E-state index contributed by atoms with van der Waals surface area (Å²) in [4.78, 5) is 26.6. The van der Waals surface area contributed by atoms with E-state index in [9.17, 15) is 9.59 Å². The Morgan fingerprint density at radius 1 is 1.33 bits per heavy atom. The largest absolute Gasteiger partial charge is 0.361 e. The van der Waals surface area contributed by atoms with Crippen molar-refractivity contribution in [3.63, 3.8) is 0 Å². The molecule has 0 fully saturated rings. The number of amides is 2. The van der Waals surface area contributed by atoms with Crippen LogP contribution in [-0.2, 0) is 16.0 Å². The smallest absolute Gasteiger partial charge is 0.242 e. The molecule has 2 rings (SSSR count). The molecule has 21 heavy (non-hydrogen) atoms. The SMILES string of the molecule is CCNC(=O)[C@H](Cc1c[nH]c2ccc(C)cc12)NC(C)=O. The highest BCUT2D eigenvalue weighted by Gasteiger charge is 2.20. The summed E-state index contributed by atoms with van der Waals surface area (Å²) in [5, 5.41) is 6.57. The zero-order valence-electron chi connectivity index (χ0n) is 12.6. The van der Waals surface area contributed by atoms with Crippen molar-refractivity contribution in [1.82, 2.24) is 15.6 Å². The zero-order valence-corrected chi connectivity index (χ0v) is 12.6. The monoisotopic (exact) mass is 287 g/mol. The molecule has 0 bridgehead atoms. The molecule has 0 spiro atoms. The number of H-pyrrole nitrogens is 1. The molecule has 1 aromatic heterocycles. The predicted molar refractivity (Wildman–Crippen MR) is 83.0 cm³/mol. The van der Waals surface area contributed by atoms with Crippen LogP contribution in [0.5, 0.6) is 0 Å². The molecule has 0 unspecified atom stereocenters. The van der Waals surface area contributed by atoms with Crippen molar-refractivity contribution < 1.29 is 9.59 Å². The van der Waals surface area contributed by atoms with E-state index in [1.807, 2.05) is 32.2 Å². The molecular weight excluding hydrogens is 266 g/mol. The van der Waals surface area contributed by atoms with Crippen LogP contribution in [0.15, 0.2) is 24.4 Å². The molecule has 2 amide bonds. The van der Waals surface area contributed by atoms with Gasteiger partial charge in [-0.1, -0.05) is 11.6 Å². The molecule has 0 aliphatic heterocycles. The lowest BCUT2D eigenvalue weighted by Gasteiger charge is -2.16. The maximum absolute atomic E-state index is 12.1. The first-order valence-electron chi connectivity index (χ1n) is 7.12. The molecular formula is C16H21N3O2. The third-order valence-corrected chi connectivity index (χ3v) is 3.39. The van der Waals surface area contributed by atoms with Crippen LogP contribution in [0, 0.1) is 6.92 Å². The van der Waals surface area contributed by atoms with Gasteiger partial charge in [-0.3, -0.25) is 9.59 Å². The quantitative estimate of drug-likeness (QED) is 0.782. The van der Waals surface area contributed by atoms with Crippen LogP contribution in [0.25, 0.3) is 10.9 Å². The van der Waals surface area contributed by atoms with E-state index in [0.29, 0.717) is 13.0 Å². The number of hydrogen-bond donors (Lipinski definition) is 3. The summed E-state index contributed by atoms with van der Waals surface area (Å²) in [5.41, 5.74) is 3.23. The van der Waals surface area contributed by atoms with Crippen molar-refractivity contribution in [3.05, 3.63) is 35.5 Å². The maximum atomic E-state index is 12.1. The lowest BCUT2D eigenvalue weighted by atomic mass is 10.0. The zero-order chi connectivity index (χ0) is 15.4. The van der Waals surface area contributed by atoms with E-state index < -0.39 is 6.04 Å². The van der Waals surface area contributed by atoms with Crippen molar-refractivity contribution in [1.29, 1.82) is 0 Å². The minimum Gasteiger partial charge on any atom is -0.361 e. The summed E-state index contributed by atoms with van der Waals surface area (Å²) in [6.45, 7) is 5.86. The summed E-state index contributed by atoms with van der Waals surface area (Å²) < 4.78 is 0. The number of benzene rings is 1. The number of hydrogen-bond acceptors (Lipinski definition) is 2. The number of rotatable bonds is 5. The number of aromatic amines is 1. The number of likely N-dealkylation sites (N-methyl/N-ethyl adjacent to an activating group) is 1. The van der Waals surface area contributed by atoms with Crippen LogP contribution in [0.1, 0.15) is 25.0 Å². The van der Waals surface area contributed by atoms with Gasteiger partial charge in [0.1, 0.15) is 6.04 Å². The normalized spacial score (nSPS) is 12.1. The van der Waals surface area contributed by atoms with Crippen LogP contribution < -0.4 is 10.6 Å². The summed E-state index contributed by atoms with van der Waals surface area (Å²) >= 11 is 0. The van der Waals surface area contributed by atoms with Crippen molar-refractivity contribution in [2.24, 2.45) is 0 Å². The summed E-state index contributed by atoms with van der Waals surface area (Å²) in [7, 11) is 0. The number of nitrogens with one attached hydrogen (secondary N) is 3. The number of aromatic nitrogens is 1. The fourth-order valence-corrected chi connectivity index (χ4v) is 2.43. The molecule has 5 nitrogen and oxygen atoms in total. The van der Waals surface area contributed by atoms with Gasteiger partial charge in [0, 0.05) is 37.0 Å². The second-order valence-corrected chi connectivity index (χ2v) is 5.21. The van der Waals surface area contributed by atoms with E-state index in [1.165, 1.54) is 6.92 Å². The average molecular weight is 287 g/mol. The fourth-order valence-electron chi connectivity index (χ4n) is 2.43. The predicted octanol–water partition coefficient (Wildman–Crippen LogP) is 1.66. The average Bonchev–Trinajstić information content (AvgIpc) is 2.80. The van der Waals surface area contributed by atoms with Gasteiger partial charge in [-0.2, -0.15) is 0 Å². The molecule has 2 aromatic rings. The highest BCUT2D eigenvalue weighted by molar-refractivity contribution is 5.89. The Morgan fingerprint density at radius 2 is 2.10 bits per heavy atom. The summed E-state index contributed by atoms with van der Waals surface area (Å²) in [6.07, 6.45) is 2.37. The van der Waals surface area contributed by atoms with Crippen LogP contribution >= 0.6 is 0 Å². The molecule has 5 heteroatoms. The number of carbonyl (C=O) groups excluding carboxylic acids is 2. The highest BCUT2D eigenvalue weighted by atomic mass is 16.2. The Balaban J connectivity index is 2.27. The van der Waals surface area contributed by atoms with Crippen LogP contribution in [0.2, 0.25) is 0 Å². The van der Waals surface area contributed by atoms with Crippen molar-refractivity contribution >= 4 is 22.7 Å². The minimum atomic E-state index is -0.554. The van der Waals surface area contributed by atoms with Crippen molar-refractivity contribution in [2.75, 3.05) is 6.54 Å². The molecule has 1 aromatic carbocycles. The Kier molecular flexibility index (Phi) is 4.62. The number of fused-ring (bicyclic) bond motifs is 1. The van der Waals surface area contributed by atoms with E-state index in [4.69, 9.17) is 0 Å². The second-order valence-electron chi connectivity index (χ2n) is 5.21. The molecule has 0 saturated heterocycles. The van der Waals surface area contributed by atoms with E-state index in [0.717, 1.165) is 22.0 Å². The summed E-state index contributed by atoms with van der Waals surface area (Å²) in [5.74, 6) is -0.364. The first-order chi connectivity index (χ1) is 10.0. The van der Waals surface area contributed by atoms with Gasteiger partial charge in [0.05, 0.1) is 0 Å². The number of aryl methyl sites for hydroxylation is 1. The second kappa shape index (κ2) is 6.43. The maximum Gasteiger partial charge on any atom is 0.242 e. The van der Waals surface area contributed by atoms with Gasteiger partial charge in [0.25, 0.3) is 0 Å². The summed E-state index contributed by atoms with van der Waals surface area (Å²) in [6, 6.07) is 5.59. The first-order valence-corrected chi connectivity index (χ1v) is 7.12. The lowest BCUT2D eigenvalue weighted by molar-refractivity contribution is -0.128. The van der Waals surface area contributed by atoms with Crippen LogP contribution in [0.4, 0.5) is 0 Å². The first kappa shape index (κ1) is 15.1. The Bertz CT molecular complexity index is 661. The van der Waals surface area contributed by atoms with E-state index in [-0.39, 0.29) is 11.8 Å². The van der Waals surface area contributed by atoms with Gasteiger partial charge in [-0.15, -0.1) is 0 Å². The van der Waals surface area contributed by atoms with E-state index >= 15 is 0 Å². The molecule has 1 heterocycles. The van der Waals surface area contributed by atoms with Crippen molar-refractivity contribution in [2.45, 2.75) is 33.2 Å². The standard InChI is InChI=1S/C16H21N3O2/c1-4-17-16(21)15(19-11(3)20)8-12-9-18-14-6-5-10(2)7-13(12)14/h5-7,9,15,18H,4,8H2,1-3H3,(H,17,21)(H,19,20)/t15-/m0/s1. The molecule has 0 aliphatic rings. The van der Waals surface area contributed by atoms with Gasteiger partial charge >= 0.3 is 0 Å².